The molecule has 0 bridgehead atoms. The van der Waals surface area contributed by atoms with Gasteiger partial charge in [-0.05, 0) is 51.9 Å². The molecule has 0 N–H and O–H groups in total. The summed E-state index contributed by atoms with van der Waals surface area (Å²) < 4.78 is 5.83. The monoisotopic (exact) mass is 233 g/mol. The number of likely N-dealkylation sites (tertiary alicyclic amines) is 1. The fraction of sp³-hybridized carbons (Fsp3) is 0.600. The molecule has 1 heterocycles. The first-order valence-electron chi connectivity index (χ1n) is 6.69. The van der Waals surface area contributed by atoms with Crippen LogP contribution in [0.5, 0.6) is 5.75 Å². The summed E-state index contributed by atoms with van der Waals surface area (Å²) in [5.41, 5.74) is 1.28. The summed E-state index contributed by atoms with van der Waals surface area (Å²) >= 11 is 0. The zero-order chi connectivity index (χ0) is 12.1. The van der Waals surface area contributed by atoms with Crippen LogP contribution in [0.1, 0.15) is 31.7 Å². The van der Waals surface area contributed by atoms with Crippen molar-refractivity contribution in [3.63, 3.8) is 0 Å². The number of benzene rings is 1. The van der Waals surface area contributed by atoms with Gasteiger partial charge in [0.15, 0.2) is 0 Å². The first-order chi connectivity index (χ1) is 8.25. The van der Waals surface area contributed by atoms with Crippen molar-refractivity contribution < 1.29 is 4.74 Å². The van der Waals surface area contributed by atoms with E-state index in [-0.39, 0.29) is 0 Å². The average Bonchev–Trinajstić information content (AvgIpc) is 2.39. The van der Waals surface area contributed by atoms with Gasteiger partial charge in [-0.2, -0.15) is 0 Å². The Balaban J connectivity index is 1.78. The molecule has 2 nitrogen and oxygen atoms in total. The highest BCUT2D eigenvalue weighted by Crippen LogP contribution is 2.15. The molecule has 1 aliphatic heterocycles. The van der Waals surface area contributed by atoms with Crippen molar-refractivity contribution in [3.05, 3.63) is 29.8 Å². The molecule has 1 aliphatic rings. The van der Waals surface area contributed by atoms with E-state index < -0.39 is 0 Å². The van der Waals surface area contributed by atoms with Gasteiger partial charge >= 0.3 is 0 Å². The molecule has 2 rings (SSSR count). The lowest BCUT2D eigenvalue weighted by Crippen LogP contribution is -2.40. The van der Waals surface area contributed by atoms with E-state index >= 15 is 0 Å². The summed E-state index contributed by atoms with van der Waals surface area (Å²) in [6.45, 7) is 7.62. The Hall–Kier alpha value is -1.02. The highest BCUT2D eigenvalue weighted by atomic mass is 16.5. The lowest BCUT2D eigenvalue weighted by molar-refractivity contribution is 0.125. The van der Waals surface area contributed by atoms with E-state index in [1.165, 1.54) is 37.9 Å². The normalized spacial score (nSPS) is 18.9. The predicted octanol–water partition coefficient (Wildman–Crippen LogP) is 3.25. The van der Waals surface area contributed by atoms with E-state index in [4.69, 9.17) is 4.74 Å². The van der Waals surface area contributed by atoms with Crippen LogP contribution in [0.2, 0.25) is 0 Å². The van der Waals surface area contributed by atoms with Crippen molar-refractivity contribution in [2.24, 2.45) is 0 Å². The van der Waals surface area contributed by atoms with E-state index in [0.717, 1.165) is 12.4 Å². The van der Waals surface area contributed by atoms with E-state index in [1.54, 1.807) is 0 Å². The average molecular weight is 233 g/mol. The first kappa shape index (κ1) is 12.4. The zero-order valence-electron chi connectivity index (χ0n) is 11.0. The second-order valence-electron chi connectivity index (χ2n) is 5.07. The minimum Gasteiger partial charge on any atom is -0.492 e. The second-order valence-corrected chi connectivity index (χ2v) is 5.07. The van der Waals surface area contributed by atoms with Gasteiger partial charge in [0.2, 0.25) is 0 Å². The Morgan fingerprint density at radius 1 is 1.12 bits per heavy atom. The van der Waals surface area contributed by atoms with Gasteiger partial charge in [0.05, 0.1) is 0 Å². The molecule has 0 radical (unpaired) electrons. The fourth-order valence-electron chi connectivity index (χ4n) is 2.32. The van der Waals surface area contributed by atoms with Gasteiger partial charge in [-0.25, -0.2) is 0 Å². The van der Waals surface area contributed by atoms with Crippen molar-refractivity contribution in [2.75, 3.05) is 19.7 Å². The molecule has 0 amide bonds. The maximum absolute atomic E-state index is 5.83. The molecule has 1 aromatic rings. The Morgan fingerprint density at radius 2 is 1.76 bits per heavy atom. The summed E-state index contributed by atoms with van der Waals surface area (Å²) in [6, 6.07) is 8.83. The highest BCUT2D eigenvalue weighted by molar-refractivity contribution is 5.26. The number of hydrogen-bond donors (Lipinski definition) is 0. The molecule has 0 aromatic heterocycles. The molecule has 2 heteroatoms. The van der Waals surface area contributed by atoms with E-state index in [2.05, 4.69) is 43.0 Å². The van der Waals surface area contributed by atoms with Crippen molar-refractivity contribution in [1.82, 2.24) is 4.90 Å². The third kappa shape index (κ3) is 3.74. The molecular formula is C15H23NO. The minimum atomic E-state index is 0.525. The highest BCUT2D eigenvalue weighted by Gasteiger charge is 2.16. The van der Waals surface area contributed by atoms with Crippen molar-refractivity contribution >= 4 is 0 Å². The quantitative estimate of drug-likeness (QED) is 0.791. The van der Waals surface area contributed by atoms with E-state index in [0.29, 0.717) is 6.04 Å². The van der Waals surface area contributed by atoms with Gasteiger partial charge in [-0.3, -0.25) is 4.90 Å². The first-order valence-corrected chi connectivity index (χ1v) is 6.69. The SMILES string of the molecule is Cc1ccc(OC[C@H](C)N2CCCCC2)cc1. The number of ether oxygens (including phenoxy) is 1. The van der Waals surface area contributed by atoms with Crippen LogP contribution in [-0.2, 0) is 0 Å². The van der Waals surface area contributed by atoms with Crippen LogP contribution in [0.25, 0.3) is 0 Å². The molecule has 1 fully saturated rings. The van der Waals surface area contributed by atoms with Crippen molar-refractivity contribution in [2.45, 2.75) is 39.2 Å². The zero-order valence-corrected chi connectivity index (χ0v) is 11.0. The Morgan fingerprint density at radius 3 is 2.41 bits per heavy atom. The summed E-state index contributed by atoms with van der Waals surface area (Å²) in [4.78, 5) is 2.54. The van der Waals surface area contributed by atoms with Crippen LogP contribution in [0, 0.1) is 6.92 Å². The molecule has 0 aliphatic carbocycles. The molecular weight excluding hydrogens is 210 g/mol. The lowest BCUT2D eigenvalue weighted by Gasteiger charge is -2.32. The van der Waals surface area contributed by atoms with Crippen LogP contribution < -0.4 is 4.74 Å². The van der Waals surface area contributed by atoms with Gasteiger partial charge in [0.25, 0.3) is 0 Å². The van der Waals surface area contributed by atoms with Crippen LogP contribution in [0.4, 0.5) is 0 Å². The molecule has 1 aromatic carbocycles. The van der Waals surface area contributed by atoms with Gasteiger partial charge in [0.1, 0.15) is 12.4 Å². The molecule has 0 spiro atoms. The topological polar surface area (TPSA) is 12.5 Å². The van der Waals surface area contributed by atoms with Gasteiger partial charge < -0.3 is 4.74 Å². The third-order valence-electron chi connectivity index (χ3n) is 3.53. The van der Waals surface area contributed by atoms with Gasteiger partial charge in [-0.1, -0.05) is 24.1 Å². The number of hydrogen-bond acceptors (Lipinski definition) is 2. The number of rotatable bonds is 4. The standard InChI is InChI=1S/C15H23NO/c1-13-6-8-15(9-7-13)17-12-14(2)16-10-4-3-5-11-16/h6-9,14H,3-5,10-12H2,1-2H3/t14-/m0/s1. The maximum Gasteiger partial charge on any atom is 0.119 e. The van der Waals surface area contributed by atoms with Crippen LogP contribution in [0.3, 0.4) is 0 Å². The van der Waals surface area contributed by atoms with Gasteiger partial charge in [-0.15, -0.1) is 0 Å². The summed E-state index contributed by atoms with van der Waals surface area (Å²) in [7, 11) is 0. The van der Waals surface area contributed by atoms with Crippen LogP contribution in [0.15, 0.2) is 24.3 Å². The molecule has 17 heavy (non-hydrogen) atoms. The largest absolute Gasteiger partial charge is 0.492 e. The smallest absolute Gasteiger partial charge is 0.119 e. The Labute approximate surface area is 105 Å². The third-order valence-corrected chi connectivity index (χ3v) is 3.53. The second kappa shape index (κ2) is 6.06. The Kier molecular flexibility index (Phi) is 4.43. The van der Waals surface area contributed by atoms with E-state index in [9.17, 15) is 0 Å². The maximum atomic E-state index is 5.83. The fourth-order valence-corrected chi connectivity index (χ4v) is 2.32. The Bertz CT molecular complexity index is 327. The number of piperidine rings is 1. The molecule has 94 valence electrons. The van der Waals surface area contributed by atoms with Crippen molar-refractivity contribution in [3.8, 4) is 5.75 Å². The molecule has 0 unspecified atom stereocenters. The molecule has 0 saturated carbocycles. The number of aryl methyl sites for hydroxylation is 1. The summed E-state index contributed by atoms with van der Waals surface area (Å²) in [6.07, 6.45) is 4.08. The van der Waals surface area contributed by atoms with Crippen LogP contribution >= 0.6 is 0 Å². The molecule has 1 saturated heterocycles. The van der Waals surface area contributed by atoms with E-state index in [1.807, 2.05) is 0 Å². The number of nitrogens with zero attached hydrogens (tertiary/aromatic N) is 1. The van der Waals surface area contributed by atoms with Gasteiger partial charge in [0, 0.05) is 6.04 Å². The summed E-state index contributed by atoms with van der Waals surface area (Å²) in [5.74, 6) is 0.986. The molecule has 1 atom stereocenters. The minimum absolute atomic E-state index is 0.525. The van der Waals surface area contributed by atoms with Crippen LogP contribution in [-0.4, -0.2) is 30.6 Å². The predicted molar refractivity (Wildman–Crippen MR) is 71.6 cm³/mol. The lowest BCUT2D eigenvalue weighted by atomic mass is 10.1. The van der Waals surface area contributed by atoms with Crippen molar-refractivity contribution in [1.29, 1.82) is 0 Å². The summed E-state index contributed by atoms with van der Waals surface area (Å²) in [5, 5.41) is 0.